The largest absolute Gasteiger partial charge is 0.334 e. The van der Waals surface area contributed by atoms with E-state index in [-0.39, 0.29) is 6.04 Å². The quantitative estimate of drug-likeness (QED) is 0.685. The summed E-state index contributed by atoms with van der Waals surface area (Å²) in [5.74, 6) is 0. The van der Waals surface area contributed by atoms with Crippen LogP contribution < -0.4 is 4.90 Å². The number of hydrogen-bond donors (Lipinski definition) is 1. The number of benzene rings is 2. The summed E-state index contributed by atoms with van der Waals surface area (Å²) in [5.41, 5.74) is 2.90. The van der Waals surface area contributed by atoms with Gasteiger partial charge in [0.15, 0.2) is 0 Å². The molecule has 1 aliphatic rings. The van der Waals surface area contributed by atoms with Gasteiger partial charge >= 0.3 is 0 Å². The molecule has 2 aromatic carbocycles. The van der Waals surface area contributed by atoms with E-state index in [9.17, 15) is 0 Å². The molecule has 0 spiro atoms. The van der Waals surface area contributed by atoms with Gasteiger partial charge in [-0.3, -0.25) is 0 Å². The summed E-state index contributed by atoms with van der Waals surface area (Å²) in [7, 11) is 0. The van der Waals surface area contributed by atoms with Gasteiger partial charge in [0.25, 0.3) is 0 Å². The van der Waals surface area contributed by atoms with Crippen LogP contribution in [0.5, 0.6) is 0 Å². The molecule has 4 heteroatoms. The molecule has 0 fully saturated rings. The smallest absolute Gasteiger partial charge is 0.0561 e. The lowest BCUT2D eigenvalue weighted by Crippen LogP contribution is -2.30. The van der Waals surface area contributed by atoms with Crippen LogP contribution in [-0.4, -0.2) is 12.3 Å². The fourth-order valence-corrected chi connectivity index (χ4v) is 3.00. The first-order valence-electron chi connectivity index (χ1n) is 7.37. The van der Waals surface area contributed by atoms with Gasteiger partial charge in [0, 0.05) is 27.5 Å². The minimum atomic E-state index is 0.139. The molecule has 1 atom stereocenters. The third-order valence-corrected chi connectivity index (χ3v) is 4.35. The van der Waals surface area contributed by atoms with Crippen LogP contribution in [0.15, 0.2) is 71.8 Å². The van der Waals surface area contributed by atoms with Crippen LogP contribution in [0.25, 0.3) is 0 Å². The second kappa shape index (κ2) is 7.03. The number of hydrogen-bond acceptors (Lipinski definition) is 2. The van der Waals surface area contributed by atoms with E-state index in [1.54, 1.807) is 0 Å². The molecule has 1 unspecified atom stereocenters. The van der Waals surface area contributed by atoms with Crippen LogP contribution in [0.4, 0.5) is 11.4 Å². The SMILES string of the molecule is N=Cc1ccccc1N(c1ccc(Cl)cc1)C1C=CC(Cl)=CC1. The second-order valence-corrected chi connectivity index (χ2v) is 6.17. The zero-order valence-electron chi connectivity index (χ0n) is 12.4. The molecule has 2 nitrogen and oxygen atoms in total. The standard InChI is InChI=1S/C19H16Cl2N2/c20-15-5-9-17(10-6-15)23(18-11-7-16(21)8-12-18)19-4-2-1-3-14(19)13-22/h1-11,13,18,22H,12H2. The number of nitrogens with zero attached hydrogens (tertiary/aromatic N) is 1. The average molecular weight is 343 g/mol. The highest BCUT2D eigenvalue weighted by Gasteiger charge is 2.21. The number of allylic oxidation sites excluding steroid dienone is 2. The average Bonchev–Trinajstić information content (AvgIpc) is 2.59. The summed E-state index contributed by atoms with van der Waals surface area (Å²) in [5, 5.41) is 9.16. The molecular weight excluding hydrogens is 327 g/mol. The Morgan fingerprint density at radius 2 is 1.78 bits per heavy atom. The Balaban J connectivity index is 2.08. The number of rotatable bonds is 4. The zero-order chi connectivity index (χ0) is 16.2. The lowest BCUT2D eigenvalue weighted by molar-refractivity contribution is 0.783. The van der Waals surface area contributed by atoms with Gasteiger partial charge in [-0.05, 0) is 42.8 Å². The first-order chi connectivity index (χ1) is 11.2. The van der Waals surface area contributed by atoms with E-state index in [1.165, 1.54) is 6.21 Å². The lowest BCUT2D eigenvalue weighted by atomic mass is 10.0. The zero-order valence-corrected chi connectivity index (χ0v) is 13.9. The minimum Gasteiger partial charge on any atom is -0.334 e. The maximum atomic E-state index is 7.70. The molecule has 0 aromatic heterocycles. The maximum absolute atomic E-state index is 7.70. The van der Waals surface area contributed by atoms with Crippen molar-refractivity contribution in [3.63, 3.8) is 0 Å². The highest BCUT2D eigenvalue weighted by atomic mass is 35.5. The molecule has 0 saturated carbocycles. The van der Waals surface area contributed by atoms with Gasteiger partial charge in [0.05, 0.1) is 11.7 Å². The van der Waals surface area contributed by atoms with E-state index in [0.717, 1.165) is 28.4 Å². The molecule has 0 saturated heterocycles. The molecule has 0 bridgehead atoms. The first kappa shape index (κ1) is 15.9. The molecular formula is C19H16Cl2N2. The third-order valence-electron chi connectivity index (χ3n) is 3.82. The Kier molecular flexibility index (Phi) is 4.85. The topological polar surface area (TPSA) is 27.1 Å². The van der Waals surface area contributed by atoms with Crippen LogP contribution in [0.2, 0.25) is 5.02 Å². The van der Waals surface area contributed by atoms with E-state index in [4.69, 9.17) is 28.6 Å². The fraction of sp³-hybridized carbons (Fsp3) is 0.105. The second-order valence-electron chi connectivity index (χ2n) is 5.30. The molecule has 0 radical (unpaired) electrons. The molecule has 0 aliphatic heterocycles. The van der Waals surface area contributed by atoms with Crippen molar-refractivity contribution in [2.45, 2.75) is 12.5 Å². The summed E-state index contributed by atoms with van der Waals surface area (Å²) >= 11 is 12.1. The van der Waals surface area contributed by atoms with Crippen LogP contribution >= 0.6 is 23.2 Å². The van der Waals surface area contributed by atoms with Crippen molar-refractivity contribution in [1.29, 1.82) is 5.41 Å². The van der Waals surface area contributed by atoms with E-state index < -0.39 is 0 Å². The van der Waals surface area contributed by atoms with Crippen LogP contribution in [0.1, 0.15) is 12.0 Å². The lowest BCUT2D eigenvalue weighted by Gasteiger charge is -2.33. The van der Waals surface area contributed by atoms with E-state index >= 15 is 0 Å². The van der Waals surface area contributed by atoms with E-state index in [0.29, 0.717) is 5.02 Å². The van der Waals surface area contributed by atoms with Gasteiger partial charge in [0.1, 0.15) is 0 Å². The van der Waals surface area contributed by atoms with Gasteiger partial charge in [-0.2, -0.15) is 0 Å². The summed E-state index contributed by atoms with van der Waals surface area (Å²) in [6, 6.07) is 15.8. The Morgan fingerprint density at radius 1 is 1.04 bits per heavy atom. The Morgan fingerprint density at radius 3 is 2.43 bits per heavy atom. The van der Waals surface area contributed by atoms with Gasteiger partial charge in [-0.1, -0.05) is 53.6 Å². The Hall–Kier alpha value is -2.03. The van der Waals surface area contributed by atoms with Crippen molar-refractivity contribution in [2.75, 3.05) is 4.90 Å². The van der Waals surface area contributed by atoms with Crippen molar-refractivity contribution in [2.24, 2.45) is 0 Å². The first-order valence-corrected chi connectivity index (χ1v) is 8.13. The van der Waals surface area contributed by atoms with E-state index in [1.807, 2.05) is 60.7 Å². The van der Waals surface area contributed by atoms with Crippen molar-refractivity contribution in [1.82, 2.24) is 0 Å². The van der Waals surface area contributed by atoms with Crippen LogP contribution in [0, 0.1) is 5.41 Å². The highest BCUT2D eigenvalue weighted by molar-refractivity contribution is 6.31. The normalized spacial score (nSPS) is 16.8. The van der Waals surface area contributed by atoms with E-state index in [2.05, 4.69) is 11.0 Å². The summed E-state index contributed by atoms with van der Waals surface area (Å²) in [6.07, 6.45) is 8.23. The predicted octanol–water partition coefficient (Wildman–Crippen LogP) is 5.93. The third kappa shape index (κ3) is 3.49. The molecule has 2 aromatic rings. The molecule has 1 aliphatic carbocycles. The van der Waals surface area contributed by atoms with Crippen molar-refractivity contribution >= 4 is 40.8 Å². The van der Waals surface area contributed by atoms with Crippen molar-refractivity contribution in [3.05, 3.63) is 82.4 Å². The number of anilines is 2. The molecule has 1 N–H and O–H groups in total. The molecule has 0 amide bonds. The van der Waals surface area contributed by atoms with Gasteiger partial charge in [-0.15, -0.1) is 0 Å². The van der Waals surface area contributed by atoms with Gasteiger partial charge in [0.2, 0.25) is 0 Å². The Labute approximate surface area is 146 Å². The van der Waals surface area contributed by atoms with Crippen molar-refractivity contribution in [3.8, 4) is 0 Å². The monoisotopic (exact) mass is 342 g/mol. The van der Waals surface area contributed by atoms with Crippen LogP contribution in [0.3, 0.4) is 0 Å². The Bertz CT molecular complexity index is 763. The van der Waals surface area contributed by atoms with Crippen LogP contribution in [-0.2, 0) is 0 Å². The fourth-order valence-electron chi connectivity index (χ4n) is 2.71. The van der Waals surface area contributed by atoms with Crippen molar-refractivity contribution < 1.29 is 0 Å². The molecule has 23 heavy (non-hydrogen) atoms. The number of halogens is 2. The molecule has 0 heterocycles. The highest BCUT2D eigenvalue weighted by Crippen LogP contribution is 2.34. The van der Waals surface area contributed by atoms with Gasteiger partial charge < -0.3 is 10.3 Å². The van der Waals surface area contributed by atoms with Gasteiger partial charge in [-0.25, -0.2) is 0 Å². The molecule has 3 rings (SSSR count). The molecule has 116 valence electrons. The summed E-state index contributed by atoms with van der Waals surface area (Å²) in [4.78, 5) is 2.22. The summed E-state index contributed by atoms with van der Waals surface area (Å²) < 4.78 is 0. The number of nitrogens with one attached hydrogen (secondary N) is 1. The predicted molar refractivity (Wildman–Crippen MR) is 99.4 cm³/mol. The maximum Gasteiger partial charge on any atom is 0.0561 e. The number of para-hydroxylation sites is 1. The minimum absolute atomic E-state index is 0.139. The summed E-state index contributed by atoms with van der Waals surface area (Å²) in [6.45, 7) is 0.